The predicted molar refractivity (Wildman–Crippen MR) is 91.4 cm³/mol. The quantitative estimate of drug-likeness (QED) is 0.729. The van der Waals surface area contributed by atoms with Crippen LogP contribution in [0.15, 0.2) is 6.07 Å². The van der Waals surface area contributed by atoms with E-state index in [9.17, 15) is 5.11 Å². The van der Waals surface area contributed by atoms with Gasteiger partial charge in [-0.15, -0.1) is 0 Å². The second kappa shape index (κ2) is 5.22. The van der Waals surface area contributed by atoms with Gasteiger partial charge in [-0.3, -0.25) is 0 Å². The van der Waals surface area contributed by atoms with Crippen molar-refractivity contribution in [1.29, 1.82) is 0 Å². The Hall–Kier alpha value is -1.76. The van der Waals surface area contributed by atoms with Gasteiger partial charge in [0.15, 0.2) is 0 Å². The topological polar surface area (TPSA) is 20.2 Å². The van der Waals surface area contributed by atoms with Crippen molar-refractivity contribution < 1.29 is 5.11 Å². The molecule has 1 heteroatoms. The summed E-state index contributed by atoms with van der Waals surface area (Å²) in [5, 5.41) is 10.7. The lowest BCUT2D eigenvalue weighted by molar-refractivity contribution is 0.472. The fraction of sp³-hybridized carbons (Fsp3) is 0.400. The van der Waals surface area contributed by atoms with Crippen LogP contribution in [0.2, 0.25) is 0 Å². The molecule has 0 heterocycles. The molecule has 0 spiro atoms. The van der Waals surface area contributed by atoms with Gasteiger partial charge in [-0.1, -0.05) is 6.07 Å². The van der Waals surface area contributed by atoms with Gasteiger partial charge in [-0.25, -0.2) is 0 Å². The third kappa shape index (κ3) is 2.25. The number of aryl methyl sites for hydroxylation is 1. The third-order valence-electron chi connectivity index (χ3n) is 5.41. The molecule has 1 N–H and O–H groups in total. The van der Waals surface area contributed by atoms with Gasteiger partial charge in [0, 0.05) is 5.56 Å². The first-order valence-electron chi connectivity index (χ1n) is 7.55. The van der Waals surface area contributed by atoms with Gasteiger partial charge in [0.1, 0.15) is 5.75 Å². The SMILES string of the molecule is Cc1cc(-c2c(C)c(C)c(C)c(C)c2O)c(C)c(C)c1C. The summed E-state index contributed by atoms with van der Waals surface area (Å²) in [5.41, 5.74) is 12.0. The van der Waals surface area contributed by atoms with Crippen LogP contribution in [0.4, 0.5) is 0 Å². The normalized spacial score (nSPS) is 11.0. The molecule has 0 fully saturated rings. The molecule has 2 aromatic rings. The van der Waals surface area contributed by atoms with Gasteiger partial charge in [0.05, 0.1) is 0 Å². The summed E-state index contributed by atoms with van der Waals surface area (Å²) in [6, 6.07) is 2.22. The first kappa shape index (κ1) is 15.6. The molecule has 0 atom stereocenters. The zero-order chi connectivity index (χ0) is 16.1. The fourth-order valence-electron chi connectivity index (χ4n) is 3.09. The Bertz CT molecular complexity index is 707. The Balaban J connectivity index is 2.93. The second-order valence-electron chi connectivity index (χ2n) is 6.34. The van der Waals surface area contributed by atoms with Gasteiger partial charge in [-0.05, 0) is 105 Å². The molecule has 0 aromatic heterocycles. The van der Waals surface area contributed by atoms with E-state index in [1.807, 2.05) is 6.92 Å². The minimum Gasteiger partial charge on any atom is -0.507 e. The third-order valence-corrected chi connectivity index (χ3v) is 5.41. The molecule has 1 nitrogen and oxygen atoms in total. The van der Waals surface area contributed by atoms with E-state index < -0.39 is 0 Å². The van der Waals surface area contributed by atoms with Gasteiger partial charge in [-0.2, -0.15) is 0 Å². The maximum Gasteiger partial charge on any atom is 0.126 e. The summed E-state index contributed by atoms with van der Waals surface area (Å²) in [6.45, 7) is 17.0. The van der Waals surface area contributed by atoms with Crippen LogP contribution in [0.1, 0.15) is 44.5 Å². The standard InChI is InChI=1S/C20H26O/c1-10-9-18(15(6)12(3)11(10)2)19-16(7)13(4)14(5)17(8)20(19)21/h9,21H,1-8H3. The lowest BCUT2D eigenvalue weighted by Gasteiger charge is -2.21. The van der Waals surface area contributed by atoms with E-state index in [1.54, 1.807) is 0 Å². The average molecular weight is 282 g/mol. The highest BCUT2D eigenvalue weighted by Crippen LogP contribution is 2.41. The molecule has 2 aromatic carbocycles. The van der Waals surface area contributed by atoms with Crippen LogP contribution in [0.5, 0.6) is 5.75 Å². The highest BCUT2D eigenvalue weighted by molar-refractivity contribution is 5.81. The van der Waals surface area contributed by atoms with Crippen molar-refractivity contribution in [2.45, 2.75) is 55.4 Å². The van der Waals surface area contributed by atoms with E-state index in [0.29, 0.717) is 5.75 Å². The number of hydrogen-bond acceptors (Lipinski definition) is 1. The Labute approximate surface area is 128 Å². The fourth-order valence-corrected chi connectivity index (χ4v) is 3.09. The lowest BCUT2D eigenvalue weighted by atomic mass is 9.85. The van der Waals surface area contributed by atoms with E-state index in [-0.39, 0.29) is 0 Å². The molecule has 21 heavy (non-hydrogen) atoms. The van der Waals surface area contributed by atoms with Crippen LogP contribution >= 0.6 is 0 Å². The molecule has 0 aliphatic rings. The van der Waals surface area contributed by atoms with Gasteiger partial charge < -0.3 is 5.11 Å². The minimum absolute atomic E-state index is 0.432. The Kier molecular flexibility index (Phi) is 3.88. The Morgan fingerprint density at radius 3 is 1.62 bits per heavy atom. The minimum atomic E-state index is 0.432. The van der Waals surface area contributed by atoms with Crippen LogP contribution in [-0.2, 0) is 0 Å². The average Bonchev–Trinajstić information content (AvgIpc) is 2.46. The first-order valence-corrected chi connectivity index (χ1v) is 7.55. The van der Waals surface area contributed by atoms with Crippen molar-refractivity contribution in [3.05, 3.63) is 50.6 Å². The van der Waals surface area contributed by atoms with Crippen molar-refractivity contribution >= 4 is 0 Å². The number of phenolic OH excluding ortho intramolecular Hbond substituents is 1. The van der Waals surface area contributed by atoms with Crippen LogP contribution < -0.4 is 0 Å². The number of benzene rings is 2. The highest BCUT2D eigenvalue weighted by atomic mass is 16.3. The summed E-state index contributed by atoms with van der Waals surface area (Å²) in [7, 11) is 0. The number of phenols is 1. The maximum absolute atomic E-state index is 10.7. The van der Waals surface area contributed by atoms with Crippen LogP contribution in [0, 0.1) is 55.4 Å². The maximum atomic E-state index is 10.7. The van der Waals surface area contributed by atoms with E-state index in [1.165, 1.54) is 38.9 Å². The first-order chi connectivity index (χ1) is 9.68. The largest absolute Gasteiger partial charge is 0.507 e. The van der Waals surface area contributed by atoms with Gasteiger partial charge >= 0.3 is 0 Å². The van der Waals surface area contributed by atoms with Gasteiger partial charge in [0.25, 0.3) is 0 Å². The van der Waals surface area contributed by atoms with Crippen molar-refractivity contribution in [1.82, 2.24) is 0 Å². The summed E-state index contributed by atoms with van der Waals surface area (Å²) in [4.78, 5) is 0. The smallest absolute Gasteiger partial charge is 0.126 e. The molecular formula is C20H26O. The number of aromatic hydroxyl groups is 1. The Morgan fingerprint density at radius 2 is 1.05 bits per heavy atom. The van der Waals surface area contributed by atoms with E-state index in [2.05, 4.69) is 54.5 Å². The second-order valence-corrected chi connectivity index (χ2v) is 6.34. The molecule has 0 unspecified atom stereocenters. The van der Waals surface area contributed by atoms with Crippen LogP contribution in [0.25, 0.3) is 11.1 Å². The van der Waals surface area contributed by atoms with Crippen molar-refractivity contribution in [3.63, 3.8) is 0 Å². The molecule has 0 radical (unpaired) electrons. The zero-order valence-electron chi connectivity index (χ0n) is 14.5. The molecule has 0 aliphatic heterocycles. The molecule has 0 amide bonds. The molecule has 2 rings (SSSR count). The molecule has 112 valence electrons. The molecule has 0 saturated carbocycles. The van der Waals surface area contributed by atoms with Crippen molar-refractivity contribution in [3.8, 4) is 16.9 Å². The van der Waals surface area contributed by atoms with Crippen LogP contribution in [-0.4, -0.2) is 5.11 Å². The summed E-state index contributed by atoms with van der Waals surface area (Å²) < 4.78 is 0. The summed E-state index contributed by atoms with van der Waals surface area (Å²) in [5.74, 6) is 0.432. The summed E-state index contributed by atoms with van der Waals surface area (Å²) >= 11 is 0. The number of hydrogen-bond donors (Lipinski definition) is 1. The van der Waals surface area contributed by atoms with Crippen molar-refractivity contribution in [2.24, 2.45) is 0 Å². The zero-order valence-corrected chi connectivity index (χ0v) is 14.5. The molecular weight excluding hydrogens is 256 g/mol. The number of rotatable bonds is 1. The molecule has 0 aliphatic carbocycles. The van der Waals surface area contributed by atoms with Crippen LogP contribution in [0.3, 0.4) is 0 Å². The van der Waals surface area contributed by atoms with E-state index in [4.69, 9.17) is 0 Å². The monoisotopic (exact) mass is 282 g/mol. The highest BCUT2D eigenvalue weighted by Gasteiger charge is 2.19. The molecule has 0 bridgehead atoms. The van der Waals surface area contributed by atoms with E-state index >= 15 is 0 Å². The Morgan fingerprint density at radius 1 is 0.571 bits per heavy atom. The predicted octanol–water partition coefficient (Wildman–Crippen LogP) is 5.53. The lowest BCUT2D eigenvalue weighted by Crippen LogP contribution is -2.00. The van der Waals surface area contributed by atoms with E-state index in [0.717, 1.165) is 16.7 Å². The van der Waals surface area contributed by atoms with Crippen molar-refractivity contribution in [2.75, 3.05) is 0 Å². The summed E-state index contributed by atoms with van der Waals surface area (Å²) in [6.07, 6.45) is 0. The van der Waals surface area contributed by atoms with Gasteiger partial charge in [0.2, 0.25) is 0 Å². The molecule has 0 saturated heterocycles.